The lowest BCUT2D eigenvalue weighted by molar-refractivity contribution is -0.132. The summed E-state index contributed by atoms with van der Waals surface area (Å²) < 4.78 is 3.47. The van der Waals surface area contributed by atoms with Gasteiger partial charge in [0, 0.05) is 6.54 Å². The van der Waals surface area contributed by atoms with Crippen LogP contribution in [0, 0.1) is 0 Å². The summed E-state index contributed by atoms with van der Waals surface area (Å²) in [5.74, 6) is 0.732. The molecule has 168 valence electrons. The number of urea groups is 1. The van der Waals surface area contributed by atoms with Crippen molar-refractivity contribution in [3.05, 3.63) is 40.4 Å². The van der Waals surface area contributed by atoms with Gasteiger partial charge in [-0.2, -0.15) is 0 Å². The highest BCUT2D eigenvalue weighted by Gasteiger charge is 2.51. The number of fused-ring (bicyclic) bond motifs is 3. The Bertz CT molecular complexity index is 1250. The van der Waals surface area contributed by atoms with E-state index in [-0.39, 0.29) is 24.0 Å². The first kappa shape index (κ1) is 20.7. The summed E-state index contributed by atoms with van der Waals surface area (Å²) in [6, 6.07) is 6.95. The normalized spacial score (nSPS) is 18.2. The zero-order chi connectivity index (χ0) is 22.3. The minimum absolute atomic E-state index is 0.0186. The van der Waals surface area contributed by atoms with Crippen LogP contribution in [0.2, 0.25) is 0 Å². The lowest BCUT2D eigenvalue weighted by Crippen LogP contribution is -2.48. The molecule has 5 rings (SSSR count). The fourth-order valence-electron chi connectivity index (χ4n) is 5.09. The van der Waals surface area contributed by atoms with Gasteiger partial charge in [0.2, 0.25) is 5.78 Å². The number of carbonyl (C=O) groups excluding carboxylic acids is 2. The molecule has 3 heterocycles. The molecule has 9 heteroatoms. The number of hydrogen-bond donors (Lipinski definition) is 1. The van der Waals surface area contributed by atoms with Crippen molar-refractivity contribution in [2.75, 3.05) is 0 Å². The van der Waals surface area contributed by atoms with Gasteiger partial charge in [0.05, 0.1) is 17.4 Å². The van der Waals surface area contributed by atoms with Crippen LogP contribution in [-0.4, -0.2) is 41.5 Å². The van der Waals surface area contributed by atoms with Crippen LogP contribution in [0.4, 0.5) is 4.79 Å². The van der Waals surface area contributed by atoms with E-state index in [4.69, 9.17) is 0 Å². The molecule has 3 amide bonds. The van der Waals surface area contributed by atoms with Crippen molar-refractivity contribution in [1.82, 2.24) is 29.4 Å². The molecule has 1 spiro atoms. The highest BCUT2D eigenvalue weighted by Crippen LogP contribution is 2.34. The fourth-order valence-corrected chi connectivity index (χ4v) is 5.09. The highest BCUT2D eigenvalue weighted by molar-refractivity contribution is 6.07. The van der Waals surface area contributed by atoms with Gasteiger partial charge in [0.15, 0.2) is 5.82 Å². The van der Waals surface area contributed by atoms with Gasteiger partial charge in [0.1, 0.15) is 5.54 Å². The number of aromatic nitrogens is 4. The predicted octanol–water partition coefficient (Wildman–Crippen LogP) is 2.99. The summed E-state index contributed by atoms with van der Waals surface area (Å²) in [7, 11) is 0. The van der Waals surface area contributed by atoms with Crippen LogP contribution >= 0.6 is 0 Å². The molecule has 2 aliphatic rings. The topological polar surface area (TPSA) is 102 Å². The second-order valence-corrected chi connectivity index (χ2v) is 8.90. The van der Waals surface area contributed by atoms with Crippen LogP contribution in [-0.2, 0) is 17.9 Å². The van der Waals surface area contributed by atoms with E-state index in [0.29, 0.717) is 41.9 Å². The van der Waals surface area contributed by atoms with Crippen molar-refractivity contribution in [1.29, 1.82) is 0 Å². The number of nitrogens with zero attached hydrogens (tertiary/aromatic N) is 5. The third-order valence-electron chi connectivity index (χ3n) is 6.81. The van der Waals surface area contributed by atoms with E-state index in [1.807, 2.05) is 22.6 Å². The molecule has 0 unspecified atom stereocenters. The average molecular weight is 437 g/mol. The van der Waals surface area contributed by atoms with Crippen molar-refractivity contribution < 1.29 is 9.59 Å². The van der Waals surface area contributed by atoms with Crippen molar-refractivity contribution in [3.63, 3.8) is 0 Å². The number of hydrogen-bond acceptors (Lipinski definition) is 5. The van der Waals surface area contributed by atoms with Crippen LogP contribution < -0.4 is 10.9 Å². The quantitative estimate of drug-likeness (QED) is 0.473. The summed E-state index contributed by atoms with van der Waals surface area (Å²) >= 11 is 0. The van der Waals surface area contributed by atoms with E-state index in [1.165, 1.54) is 4.90 Å². The van der Waals surface area contributed by atoms with E-state index in [9.17, 15) is 14.4 Å². The maximum Gasteiger partial charge on any atom is 0.325 e. The van der Waals surface area contributed by atoms with Crippen LogP contribution in [0.3, 0.4) is 0 Å². The van der Waals surface area contributed by atoms with Gasteiger partial charge >= 0.3 is 6.03 Å². The standard InChI is InChI=1S/C23H28N6O3/c1-2-3-9-14-27-19(30)16-10-5-6-11-17(16)29-18(25-26-21(27)29)15-28-20(31)23(24-22(28)32)12-7-4-8-13-23/h5-6,10-11H,2-4,7-9,12-15H2,1H3,(H,24,32). The Morgan fingerprint density at radius 3 is 2.59 bits per heavy atom. The van der Waals surface area contributed by atoms with Crippen LogP contribution in [0.1, 0.15) is 64.1 Å². The van der Waals surface area contributed by atoms with Gasteiger partial charge in [-0.1, -0.05) is 51.2 Å². The maximum atomic E-state index is 13.2. The third kappa shape index (κ3) is 3.18. The Kier molecular flexibility index (Phi) is 5.19. The van der Waals surface area contributed by atoms with Crippen LogP contribution in [0.25, 0.3) is 16.7 Å². The predicted molar refractivity (Wildman–Crippen MR) is 119 cm³/mol. The first-order valence-corrected chi connectivity index (χ1v) is 11.6. The lowest BCUT2D eigenvalue weighted by Gasteiger charge is -2.30. The molecule has 2 fully saturated rings. The van der Waals surface area contributed by atoms with E-state index >= 15 is 0 Å². The number of nitrogens with one attached hydrogen (secondary N) is 1. The van der Waals surface area contributed by atoms with Crippen molar-refractivity contribution in [2.24, 2.45) is 0 Å². The van der Waals surface area contributed by atoms with E-state index < -0.39 is 5.54 Å². The number of imide groups is 1. The Labute approximate surface area is 185 Å². The van der Waals surface area contributed by atoms with Gasteiger partial charge in [-0.05, 0) is 31.4 Å². The van der Waals surface area contributed by atoms with Crippen molar-refractivity contribution >= 4 is 28.6 Å². The van der Waals surface area contributed by atoms with E-state index in [0.717, 1.165) is 38.5 Å². The van der Waals surface area contributed by atoms with Gasteiger partial charge < -0.3 is 5.32 Å². The number of amides is 3. The molecule has 1 aromatic carbocycles. The molecule has 1 saturated carbocycles. The second-order valence-electron chi connectivity index (χ2n) is 8.90. The molecule has 32 heavy (non-hydrogen) atoms. The lowest BCUT2D eigenvalue weighted by atomic mass is 9.82. The SMILES string of the molecule is CCCCCn1c(=O)c2ccccc2n2c(CN3C(=O)NC4(CCCCC4)C3=O)nnc12. The number of benzene rings is 1. The highest BCUT2D eigenvalue weighted by atomic mass is 16.2. The number of unbranched alkanes of at least 4 members (excludes halogenated alkanes) is 2. The molecule has 2 aromatic heterocycles. The number of para-hydroxylation sites is 1. The summed E-state index contributed by atoms with van der Waals surface area (Å²) in [6.45, 7) is 2.68. The smallest absolute Gasteiger partial charge is 0.323 e. The van der Waals surface area contributed by atoms with Gasteiger partial charge in [-0.15, -0.1) is 10.2 Å². The molecule has 0 bridgehead atoms. The number of aryl methyl sites for hydroxylation is 1. The zero-order valence-corrected chi connectivity index (χ0v) is 18.3. The first-order valence-electron chi connectivity index (χ1n) is 11.6. The molecule has 1 aliphatic heterocycles. The molecular weight excluding hydrogens is 408 g/mol. The maximum absolute atomic E-state index is 13.2. The van der Waals surface area contributed by atoms with Crippen LogP contribution in [0.15, 0.2) is 29.1 Å². The molecule has 0 radical (unpaired) electrons. The second kappa shape index (κ2) is 8.03. The van der Waals surface area contributed by atoms with Gasteiger partial charge in [-0.25, -0.2) is 4.79 Å². The van der Waals surface area contributed by atoms with Crippen LogP contribution in [0.5, 0.6) is 0 Å². The molecule has 1 aliphatic carbocycles. The molecule has 0 atom stereocenters. The average Bonchev–Trinajstić information content (AvgIpc) is 3.32. The largest absolute Gasteiger partial charge is 0.325 e. The monoisotopic (exact) mass is 436 g/mol. The minimum atomic E-state index is -0.778. The van der Waals surface area contributed by atoms with E-state index in [2.05, 4.69) is 22.4 Å². The minimum Gasteiger partial charge on any atom is -0.323 e. The first-order chi connectivity index (χ1) is 15.6. The summed E-state index contributed by atoms with van der Waals surface area (Å²) in [6.07, 6.45) is 7.22. The van der Waals surface area contributed by atoms with Crippen molar-refractivity contribution in [2.45, 2.75) is 76.9 Å². The third-order valence-corrected chi connectivity index (χ3v) is 6.81. The summed E-state index contributed by atoms with van der Waals surface area (Å²) in [5, 5.41) is 12.1. The van der Waals surface area contributed by atoms with Gasteiger partial charge in [-0.3, -0.25) is 23.5 Å². The Morgan fingerprint density at radius 2 is 1.81 bits per heavy atom. The summed E-state index contributed by atoms with van der Waals surface area (Å²) in [5.41, 5.74) is -0.196. The Balaban J connectivity index is 1.57. The van der Waals surface area contributed by atoms with E-state index in [1.54, 1.807) is 10.6 Å². The molecule has 3 aromatic rings. The van der Waals surface area contributed by atoms with Gasteiger partial charge in [0.25, 0.3) is 11.5 Å². The Hall–Kier alpha value is -3.23. The molecular formula is C23H28N6O3. The number of carbonyl (C=O) groups is 2. The molecule has 1 saturated heterocycles. The summed E-state index contributed by atoms with van der Waals surface area (Å²) in [4.78, 5) is 40.4. The molecule has 1 N–H and O–H groups in total. The Morgan fingerprint density at radius 1 is 1.03 bits per heavy atom. The fraction of sp³-hybridized carbons (Fsp3) is 0.522. The number of rotatable bonds is 6. The van der Waals surface area contributed by atoms with Crippen molar-refractivity contribution in [3.8, 4) is 0 Å². The zero-order valence-electron chi connectivity index (χ0n) is 18.3. The molecule has 9 nitrogen and oxygen atoms in total.